The molecule has 1 aromatic heterocycles. The van der Waals surface area contributed by atoms with Crippen molar-refractivity contribution >= 4 is 16.7 Å². The summed E-state index contributed by atoms with van der Waals surface area (Å²) in [4.78, 5) is 29.7. The van der Waals surface area contributed by atoms with Crippen molar-refractivity contribution in [3.63, 3.8) is 0 Å². The monoisotopic (exact) mass is 360 g/mol. The second-order valence-corrected chi connectivity index (χ2v) is 7.24. The van der Waals surface area contributed by atoms with E-state index in [1.807, 2.05) is 53.4 Å². The summed E-state index contributed by atoms with van der Waals surface area (Å²) in [7, 11) is 0. The molecule has 0 saturated carbocycles. The smallest absolute Gasteiger partial charge is 0.255 e. The lowest BCUT2D eigenvalue weighted by molar-refractivity contribution is 0.0608. The quantitative estimate of drug-likeness (QED) is 0.742. The molecule has 27 heavy (non-hydrogen) atoms. The summed E-state index contributed by atoms with van der Waals surface area (Å²) in [5.74, 6) is 0.128. The number of rotatable bonds is 3. The Bertz CT molecular complexity index is 1020. The number of fused-ring (bicyclic) bond motifs is 1. The van der Waals surface area contributed by atoms with Crippen molar-refractivity contribution in [2.45, 2.75) is 38.6 Å². The van der Waals surface area contributed by atoms with Gasteiger partial charge in [-0.25, -0.2) is 0 Å². The van der Waals surface area contributed by atoms with Gasteiger partial charge in [0.25, 0.3) is 11.5 Å². The van der Waals surface area contributed by atoms with Gasteiger partial charge in [-0.05, 0) is 66.5 Å². The Balaban J connectivity index is 1.61. The summed E-state index contributed by atoms with van der Waals surface area (Å²) in [5, 5.41) is 1.60. The van der Waals surface area contributed by atoms with Crippen LogP contribution >= 0.6 is 0 Å². The minimum Gasteiger partial charge on any atom is -0.336 e. The number of pyridine rings is 1. The molecule has 4 heteroatoms. The van der Waals surface area contributed by atoms with Crippen molar-refractivity contribution in [2.24, 2.45) is 0 Å². The van der Waals surface area contributed by atoms with Crippen LogP contribution in [0.5, 0.6) is 0 Å². The third-order valence-corrected chi connectivity index (χ3v) is 5.60. The van der Waals surface area contributed by atoms with Gasteiger partial charge in [0.15, 0.2) is 0 Å². The highest BCUT2D eigenvalue weighted by Gasteiger charge is 2.26. The van der Waals surface area contributed by atoms with E-state index >= 15 is 0 Å². The van der Waals surface area contributed by atoms with E-state index in [4.69, 9.17) is 0 Å². The number of carbonyl (C=O) groups excluding carboxylic acids is 1. The van der Waals surface area contributed by atoms with Gasteiger partial charge in [-0.3, -0.25) is 9.59 Å². The highest BCUT2D eigenvalue weighted by atomic mass is 16.2. The fourth-order valence-electron chi connectivity index (χ4n) is 4.03. The highest BCUT2D eigenvalue weighted by Crippen LogP contribution is 2.25. The first-order valence-corrected chi connectivity index (χ1v) is 9.70. The van der Waals surface area contributed by atoms with Crippen molar-refractivity contribution in [1.82, 2.24) is 9.88 Å². The van der Waals surface area contributed by atoms with Gasteiger partial charge in [0, 0.05) is 29.7 Å². The fraction of sp³-hybridized carbons (Fsp3) is 0.304. The van der Waals surface area contributed by atoms with Crippen LogP contribution in [0.4, 0.5) is 0 Å². The van der Waals surface area contributed by atoms with Crippen LogP contribution in [0.2, 0.25) is 0 Å². The first-order chi connectivity index (χ1) is 13.2. The van der Waals surface area contributed by atoms with Crippen LogP contribution in [0.25, 0.3) is 21.9 Å². The summed E-state index contributed by atoms with van der Waals surface area (Å²) < 4.78 is 0. The van der Waals surface area contributed by atoms with Crippen LogP contribution in [0.3, 0.4) is 0 Å². The number of piperidine rings is 1. The number of hydrogen-bond acceptors (Lipinski definition) is 2. The molecule has 3 aromatic rings. The van der Waals surface area contributed by atoms with E-state index < -0.39 is 0 Å². The zero-order chi connectivity index (χ0) is 18.8. The maximum Gasteiger partial charge on any atom is 0.255 e. The first kappa shape index (κ1) is 17.5. The van der Waals surface area contributed by atoms with Gasteiger partial charge < -0.3 is 9.88 Å². The van der Waals surface area contributed by atoms with E-state index in [0.717, 1.165) is 47.9 Å². The summed E-state index contributed by atoms with van der Waals surface area (Å²) in [6.45, 7) is 3.01. The Kier molecular flexibility index (Phi) is 4.80. The van der Waals surface area contributed by atoms with Crippen LogP contribution < -0.4 is 5.56 Å². The zero-order valence-corrected chi connectivity index (χ0v) is 15.6. The Labute approximate surface area is 158 Å². The number of nitrogens with zero attached hydrogens (tertiary/aromatic N) is 1. The van der Waals surface area contributed by atoms with E-state index in [2.05, 4.69) is 11.9 Å². The van der Waals surface area contributed by atoms with Crippen LogP contribution in [0, 0.1) is 0 Å². The molecular weight excluding hydrogens is 336 g/mol. The van der Waals surface area contributed by atoms with Crippen molar-refractivity contribution in [2.75, 3.05) is 6.54 Å². The Morgan fingerprint density at radius 1 is 1.07 bits per heavy atom. The normalized spacial score (nSPS) is 17.2. The van der Waals surface area contributed by atoms with Crippen LogP contribution in [0.15, 0.2) is 59.5 Å². The van der Waals surface area contributed by atoms with Crippen LogP contribution in [0.1, 0.15) is 43.0 Å². The molecule has 0 aliphatic carbocycles. The maximum absolute atomic E-state index is 12.9. The van der Waals surface area contributed by atoms with Crippen molar-refractivity contribution in [3.05, 3.63) is 70.6 Å². The number of nitrogens with one attached hydrogen (secondary N) is 1. The molecule has 1 N–H and O–H groups in total. The average Bonchev–Trinajstić information content (AvgIpc) is 2.73. The van der Waals surface area contributed by atoms with Crippen LogP contribution in [-0.2, 0) is 0 Å². The largest absolute Gasteiger partial charge is 0.336 e. The molecule has 2 heterocycles. The zero-order valence-electron chi connectivity index (χ0n) is 15.6. The molecule has 138 valence electrons. The first-order valence-electron chi connectivity index (χ1n) is 9.70. The maximum atomic E-state index is 12.9. The Hall–Kier alpha value is -2.88. The van der Waals surface area contributed by atoms with E-state index in [1.54, 1.807) is 6.20 Å². The van der Waals surface area contributed by atoms with E-state index in [9.17, 15) is 9.59 Å². The summed E-state index contributed by atoms with van der Waals surface area (Å²) in [5.41, 5.74) is 2.62. The van der Waals surface area contributed by atoms with Gasteiger partial charge in [-0.15, -0.1) is 0 Å². The Morgan fingerprint density at radius 3 is 2.63 bits per heavy atom. The molecule has 1 amide bonds. The Morgan fingerprint density at radius 2 is 1.85 bits per heavy atom. The van der Waals surface area contributed by atoms with Gasteiger partial charge in [-0.2, -0.15) is 0 Å². The minimum atomic E-state index is -0.0862. The fourth-order valence-corrected chi connectivity index (χ4v) is 4.03. The number of carbonyl (C=O) groups is 1. The van der Waals surface area contributed by atoms with Gasteiger partial charge in [-0.1, -0.05) is 31.2 Å². The van der Waals surface area contributed by atoms with Crippen LogP contribution in [-0.4, -0.2) is 28.4 Å². The summed E-state index contributed by atoms with van der Waals surface area (Å²) in [6.07, 6.45) is 6.07. The van der Waals surface area contributed by atoms with Crippen molar-refractivity contribution in [3.8, 4) is 11.1 Å². The molecule has 0 radical (unpaired) electrons. The molecule has 4 nitrogen and oxygen atoms in total. The average molecular weight is 360 g/mol. The summed E-state index contributed by atoms with van der Waals surface area (Å²) >= 11 is 0. The molecule has 0 bridgehead atoms. The topological polar surface area (TPSA) is 53.2 Å². The van der Waals surface area contributed by atoms with Crippen molar-refractivity contribution < 1.29 is 4.79 Å². The van der Waals surface area contributed by atoms with Gasteiger partial charge in [0.2, 0.25) is 0 Å². The van der Waals surface area contributed by atoms with Gasteiger partial charge in [0.1, 0.15) is 0 Å². The SMILES string of the molecule is CC[C@@H]1CCCCN1C(=O)c1ccc(-c2ccc3cc[nH]c(=O)c3c2)cc1. The molecule has 1 atom stereocenters. The second kappa shape index (κ2) is 7.39. The number of benzene rings is 2. The van der Waals surface area contributed by atoms with Gasteiger partial charge in [0.05, 0.1) is 0 Å². The number of amides is 1. The molecule has 1 aliphatic rings. The molecule has 1 saturated heterocycles. The second-order valence-electron chi connectivity index (χ2n) is 7.24. The lowest BCUT2D eigenvalue weighted by atomic mass is 9.97. The number of likely N-dealkylation sites (tertiary alicyclic amines) is 1. The van der Waals surface area contributed by atoms with E-state index in [1.165, 1.54) is 6.42 Å². The number of aromatic amines is 1. The lowest BCUT2D eigenvalue weighted by Gasteiger charge is -2.35. The van der Waals surface area contributed by atoms with Gasteiger partial charge >= 0.3 is 0 Å². The molecular formula is C23H24N2O2. The summed E-state index contributed by atoms with van der Waals surface area (Å²) in [6, 6.07) is 15.9. The molecule has 0 unspecified atom stereocenters. The highest BCUT2D eigenvalue weighted by molar-refractivity contribution is 5.95. The standard InChI is InChI=1S/C23H24N2O2/c1-2-20-5-3-4-14-25(20)23(27)18-9-6-16(7-10-18)19-11-8-17-12-13-24-22(26)21(17)15-19/h6-13,15,20H,2-5,14H2,1H3,(H,24,26)/t20-/m1/s1. The third kappa shape index (κ3) is 3.39. The minimum absolute atomic E-state index is 0.0862. The molecule has 1 aliphatic heterocycles. The number of hydrogen-bond donors (Lipinski definition) is 1. The van der Waals surface area contributed by atoms with E-state index in [-0.39, 0.29) is 11.5 Å². The lowest BCUT2D eigenvalue weighted by Crippen LogP contribution is -2.43. The number of H-pyrrole nitrogens is 1. The number of aromatic nitrogens is 1. The molecule has 4 rings (SSSR count). The predicted octanol–water partition coefficient (Wildman–Crippen LogP) is 4.60. The predicted molar refractivity (Wildman–Crippen MR) is 109 cm³/mol. The molecule has 2 aromatic carbocycles. The third-order valence-electron chi connectivity index (χ3n) is 5.60. The molecule has 1 fully saturated rings. The molecule has 0 spiro atoms. The van der Waals surface area contributed by atoms with Crippen molar-refractivity contribution in [1.29, 1.82) is 0 Å². The van der Waals surface area contributed by atoms with E-state index in [0.29, 0.717) is 11.4 Å².